The Bertz CT molecular complexity index is 1470. The van der Waals surface area contributed by atoms with Crippen molar-refractivity contribution in [2.75, 3.05) is 12.4 Å². The highest BCUT2D eigenvalue weighted by molar-refractivity contribution is 7.98. The van der Waals surface area contributed by atoms with Crippen LogP contribution in [-0.2, 0) is 23.1 Å². The number of aryl methyl sites for hydroxylation is 2. The van der Waals surface area contributed by atoms with Crippen molar-refractivity contribution < 1.29 is 22.7 Å². The summed E-state index contributed by atoms with van der Waals surface area (Å²) in [5.74, 6) is 0.0183. The number of benzene rings is 2. The van der Waals surface area contributed by atoms with Gasteiger partial charge in [-0.3, -0.25) is 4.79 Å². The van der Waals surface area contributed by atoms with Crippen molar-refractivity contribution in [1.82, 2.24) is 4.98 Å². The molecule has 3 aromatic rings. The Morgan fingerprint density at radius 1 is 1.16 bits per heavy atom. The molecule has 1 N–H and O–H groups in total. The van der Waals surface area contributed by atoms with Crippen molar-refractivity contribution in [3.05, 3.63) is 87.6 Å². The Kier molecular flexibility index (Phi) is 9.16. The van der Waals surface area contributed by atoms with Crippen LogP contribution in [0.2, 0.25) is 0 Å². The van der Waals surface area contributed by atoms with Crippen LogP contribution in [0.3, 0.4) is 0 Å². The number of alkyl halides is 3. The predicted octanol–water partition coefficient (Wildman–Crippen LogP) is 6.69. The predicted molar refractivity (Wildman–Crippen MR) is 139 cm³/mol. The summed E-state index contributed by atoms with van der Waals surface area (Å²) in [6.07, 6.45) is -2.53. The van der Waals surface area contributed by atoms with E-state index in [0.29, 0.717) is 29.0 Å². The average molecular weight is 537 g/mol. The van der Waals surface area contributed by atoms with Crippen molar-refractivity contribution in [2.45, 2.75) is 37.2 Å². The van der Waals surface area contributed by atoms with Gasteiger partial charge in [0.1, 0.15) is 34.2 Å². The number of aromatic nitrogens is 1. The molecular formula is C28H23F3N4O2S. The third-order valence-corrected chi connectivity index (χ3v) is 6.60. The zero-order valence-electron chi connectivity index (χ0n) is 20.8. The third kappa shape index (κ3) is 6.72. The number of nitriles is 2. The first-order valence-corrected chi connectivity index (χ1v) is 12.4. The summed E-state index contributed by atoms with van der Waals surface area (Å²) in [6, 6.07) is 16.9. The highest BCUT2D eigenvalue weighted by atomic mass is 32.2. The summed E-state index contributed by atoms with van der Waals surface area (Å²) in [7, 11) is 1.45. The monoisotopic (exact) mass is 536 g/mol. The molecule has 0 aliphatic carbocycles. The van der Waals surface area contributed by atoms with Gasteiger partial charge in [0.25, 0.3) is 5.91 Å². The number of thioether (sulfide) groups is 1. The highest BCUT2D eigenvalue weighted by Gasteiger charge is 2.34. The minimum Gasteiger partial charge on any atom is -0.496 e. The molecule has 1 heterocycles. The van der Waals surface area contributed by atoms with Crippen molar-refractivity contribution >= 4 is 29.4 Å². The second-order valence-corrected chi connectivity index (χ2v) is 9.07. The molecule has 0 fully saturated rings. The topological polar surface area (TPSA) is 98.8 Å². The van der Waals surface area contributed by atoms with Crippen LogP contribution in [0.1, 0.15) is 40.4 Å². The Balaban J connectivity index is 1.90. The molecular weight excluding hydrogens is 513 g/mol. The Morgan fingerprint density at radius 2 is 1.89 bits per heavy atom. The molecule has 0 bridgehead atoms. The van der Waals surface area contributed by atoms with Gasteiger partial charge >= 0.3 is 6.18 Å². The Labute approximate surface area is 222 Å². The second-order valence-electron chi connectivity index (χ2n) is 8.11. The van der Waals surface area contributed by atoms with Crippen LogP contribution in [0.15, 0.2) is 59.1 Å². The molecule has 194 valence electrons. The second kappa shape index (κ2) is 12.3. The zero-order valence-corrected chi connectivity index (χ0v) is 21.6. The molecule has 10 heteroatoms. The Hall–Kier alpha value is -4.28. The van der Waals surface area contributed by atoms with Crippen molar-refractivity contribution in [3.8, 4) is 17.9 Å². The molecule has 0 spiro atoms. The summed E-state index contributed by atoms with van der Waals surface area (Å²) in [6.45, 7) is 3.39. The first-order chi connectivity index (χ1) is 18.1. The van der Waals surface area contributed by atoms with Gasteiger partial charge in [0.2, 0.25) is 0 Å². The molecule has 0 atom stereocenters. The quantitative estimate of drug-likeness (QED) is 0.196. The van der Waals surface area contributed by atoms with Crippen LogP contribution >= 0.6 is 11.8 Å². The first kappa shape index (κ1) is 28.3. The lowest BCUT2D eigenvalue weighted by molar-refractivity contribution is -0.141. The van der Waals surface area contributed by atoms with E-state index in [4.69, 9.17) is 4.74 Å². The van der Waals surface area contributed by atoms with Crippen molar-refractivity contribution in [3.63, 3.8) is 0 Å². The summed E-state index contributed by atoms with van der Waals surface area (Å²) in [5.41, 5.74) is 1.69. The molecule has 0 saturated heterocycles. The molecule has 3 rings (SSSR count). The number of hydrogen-bond acceptors (Lipinski definition) is 6. The number of carbonyl (C=O) groups excluding carboxylic acids is 1. The molecule has 1 amide bonds. The minimum absolute atomic E-state index is 0.0468. The van der Waals surface area contributed by atoms with Crippen molar-refractivity contribution in [1.29, 1.82) is 10.5 Å². The van der Waals surface area contributed by atoms with Crippen LogP contribution < -0.4 is 10.1 Å². The number of ether oxygens (including phenoxy) is 1. The molecule has 0 aliphatic heterocycles. The lowest BCUT2D eigenvalue weighted by Gasteiger charge is -2.13. The van der Waals surface area contributed by atoms with Gasteiger partial charge in [0, 0.05) is 17.0 Å². The molecule has 1 aromatic heterocycles. The molecule has 0 aliphatic rings. The van der Waals surface area contributed by atoms with Gasteiger partial charge in [-0.2, -0.15) is 23.7 Å². The number of methoxy groups -OCH3 is 1. The van der Waals surface area contributed by atoms with Crippen LogP contribution in [-0.4, -0.2) is 18.0 Å². The van der Waals surface area contributed by atoms with E-state index in [1.165, 1.54) is 20.1 Å². The van der Waals surface area contributed by atoms with Crippen LogP contribution in [0.25, 0.3) is 6.08 Å². The van der Waals surface area contributed by atoms with E-state index in [1.54, 1.807) is 30.3 Å². The molecule has 6 nitrogen and oxygen atoms in total. The number of nitrogens with one attached hydrogen (secondary N) is 1. The van der Waals surface area contributed by atoms with E-state index in [9.17, 15) is 28.5 Å². The maximum absolute atomic E-state index is 13.3. The lowest BCUT2D eigenvalue weighted by atomic mass is 10.1. The van der Waals surface area contributed by atoms with Gasteiger partial charge in [0.15, 0.2) is 0 Å². The van der Waals surface area contributed by atoms with E-state index in [2.05, 4.69) is 10.3 Å². The van der Waals surface area contributed by atoms with Crippen LogP contribution in [0.4, 0.5) is 18.9 Å². The number of anilines is 1. The van der Waals surface area contributed by atoms with Gasteiger partial charge in [-0.1, -0.05) is 31.2 Å². The number of amides is 1. The molecule has 0 radical (unpaired) electrons. The smallest absolute Gasteiger partial charge is 0.433 e. The molecule has 38 heavy (non-hydrogen) atoms. The van der Waals surface area contributed by atoms with Crippen LogP contribution in [0, 0.1) is 29.6 Å². The van der Waals surface area contributed by atoms with E-state index >= 15 is 0 Å². The summed E-state index contributed by atoms with van der Waals surface area (Å²) in [4.78, 5) is 16.5. The molecule has 2 aromatic carbocycles. The highest BCUT2D eigenvalue weighted by Crippen LogP contribution is 2.35. The summed E-state index contributed by atoms with van der Waals surface area (Å²) in [5, 5.41) is 21.8. The first-order valence-electron chi connectivity index (χ1n) is 11.4. The average Bonchev–Trinajstić information content (AvgIpc) is 2.90. The van der Waals surface area contributed by atoms with Gasteiger partial charge < -0.3 is 10.1 Å². The number of nitrogens with zero attached hydrogens (tertiary/aromatic N) is 3. The maximum Gasteiger partial charge on any atom is 0.433 e. The number of hydrogen-bond donors (Lipinski definition) is 1. The normalized spacial score (nSPS) is 11.4. The van der Waals surface area contributed by atoms with Gasteiger partial charge in [0.05, 0.1) is 12.7 Å². The molecule has 0 saturated carbocycles. The van der Waals surface area contributed by atoms with E-state index in [1.807, 2.05) is 31.2 Å². The summed E-state index contributed by atoms with van der Waals surface area (Å²) < 4.78 is 45.2. The maximum atomic E-state index is 13.3. The number of carbonyl (C=O) groups is 1. The fourth-order valence-corrected chi connectivity index (χ4v) is 4.66. The number of halogens is 3. The third-order valence-electron chi connectivity index (χ3n) is 5.58. The van der Waals surface area contributed by atoms with Crippen LogP contribution in [0.5, 0.6) is 5.75 Å². The minimum atomic E-state index is -4.65. The van der Waals surface area contributed by atoms with E-state index < -0.39 is 17.8 Å². The number of pyridine rings is 1. The fourth-order valence-electron chi connectivity index (χ4n) is 3.63. The summed E-state index contributed by atoms with van der Waals surface area (Å²) >= 11 is 0.966. The molecule has 0 unspecified atom stereocenters. The fraction of sp³-hybridized carbons (Fsp3) is 0.214. The standard InChI is InChI=1S/C28H23F3N4O2S/c1-4-19-7-5-6-8-23(19)34-26(36)20(14-32)12-18-9-10-24(37-3)21(13-18)16-38-27-22(15-33)17(2)11-25(35-27)28(29,30)31/h5-13H,4,16H2,1-3H3,(H,34,36)/b20-12+. The SMILES string of the molecule is CCc1ccccc1NC(=O)/C(C#N)=C/c1ccc(OC)c(CSc2nc(C(F)(F)F)cc(C)c2C#N)c1. The number of rotatable bonds is 8. The van der Waals surface area contributed by atoms with Crippen molar-refractivity contribution in [2.24, 2.45) is 0 Å². The van der Waals surface area contributed by atoms with Gasteiger partial charge in [-0.15, -0.1) is 11.8 Å². The van der Waals surface area contributed by atoms with Gasteiger partial charge in [-0.25, -0.2) is 4.98 Å². The van der Waals surface area contributed by atoms with Gasteiger partial charge in [-0.05, 0) is 60.4 Å². The number of para-hydroxylation sites is 1. The lowest BCUT2D eigenvalue weighted by Crippen LogP contribution is -2.14. The Morgan fingerprint density at radius 3 is 2.53 bits per heavy atom. The zero-order chi connectivity index (χ0) is 27.9. The van der Waals surface area contributed by atoms with E-state index in [0.717, 1.165) is 23.4 Å². The van der Waals surface area contributed by atoms with E-state index in [-0.39, 0.29) is 27.5 Å². The largest absolute Gasteiger partial charge is 0.496 e.